The van der Waals surface area contributed by atoms with E-state index in [4.69, 9.17) is 0 Å². The molecule has 2 rings (SSSR count). The molecule has 1 amide bonds. The molecule has 0 unspecified atom stereocenters. The van der Waals surface area contributed by atoms with Crippen LogP contribution in [0.5, 0.6) is 0 Å². The van der Waals surface area contributed by atoms with Crippen molar-refractivity contribution in [3.8, 4) is 0 Å². The summed E-state index contributed by atoms with van der Waals surface area (Å²) in [5, 5.41) is 2.96. The monoisotopic (exact) mass is 268 g/mol. The molecule has 0 aliphatic carbocycles. The van der Waals surface area contributed by atoms with E-state index in [2.05, 4.69) is 22.4 Å². The molecular formula is C17H20N2O. The zero-order valence-electron chi connectivity index (χ0n) is 11.8. The lowest BCUT2D eigenvalue weighted by atomic mass is 10.1. The summed E-state index contributed by atoms with van der Waals surface area (Å²) in [6, 6.07) is 12.1. The summed E-state index contributed by atoms with van der Waals surface area (Å²) in [5.74, 6) is 0.0850. The number of aromatic nitrogens is 1. The maximum atomic E-state index is 11.8. The van der Waals surface area contributed by atoms with Gasteiger partial charge in [0.15, 0.2) is 0 Å². The zero-order valence-corrected chi connectivity index (χ0v) is 11.8. The van der Waals surface area contributed by atoms with E-state index in [1.165, 1.54) is 11.1 Å². The van der Waals surface area contributed by atoms with Gasteiger partial charge >= 0.3 is 0 Å². The third-order valence-electron chi connectivity index (χ3n) is 3.13. The molecule has 0 aliphatic heterocycles. The van der Waals surface area contributed by atoms with Crippen LogP contribution in [0.25, 0.3) is 0 Å². The van der Waals surface area contributed by atoms with Crippen molar-refractivity contribution in [3.05, 3.63) is 65.5 Å². The third kappa shape index (κ3) is 4.84. The molecular weight excluding hydrogens is 248 g/mol. The van der Waals surface area contributed by atoms with Gasteiger partial charge < -0.3 is 5.32 Å². The zero-order chi connectivity index (χ0) is 14.2. The topological polar surface area (TPSA) is 42.0 Å². The van der Waals surface area contributed by atoms with Crippen LogP contribution >= 0.6 is 0 Å². The Kier molecular flexibility index (Phi) is 5.30. The number of nitrogens with one attached hydrogen (secondary N) is 1. The first-order valence-corrected chi connectivity index (χ1v) is 6.95. The summed E-state index contributed by atoms with van der Waals surface area (Å²) in [4.78, 5) is 15.9. The molecule has 3 heteroatoms. The molecule has 0 saturated carbocycles. The molecule has 0 atom stereocenters. The van der Waals surface area contributed by atoms with E-state index >= 15 is 0 Å². The minimum Gasteiger partial charge on any atom is -0.356 e. The summed E-state index contributed by atoms with van der Waals surface area (Å²) in [7, 11) is 0. The molecule has 0 bridgehead atoms. The highest BCUT2D eigenvalue weighted by Gasteiger charge is 2.02. The Labute approximate surface area is 120 Å². The molecule has 1 heterocycles. The number of carbonyl (C=O) groups excluding carboxylic acids is 1. The Morgan fingerprint density at radius 1 is 1.20 bits per heavy atom. The van der Waals surface area contributed by atoms with Gasteiger partial charge in [0.1, 0.15) is 0 Å². The number of rotatable bonds is 6. The van der Waals surface area contributed by atoms with Crippen molar-refractivity contribution in [3.63, 3.8) is 0 Å². The fourth-order valence-electron chi connectivity index (χ4n) is 2.14. The van der Waals surface area contributed by atoms with Crippen molar-refractivity contribution in [1.29, 1.82) is 0 Å². The van der Waals surface area contributed by atoms with E-state index in [1.807, 2.05) is 37.4 Å². The highest BCUT2D eigenvalue weighted by Crippen LogP contribution is 2.04. The van der Waals surface area contributed by atoms with Crippen molar-refractivity contribution >= 4 is 5.91 Å². The Morgan fingerprint density at radius 2 is 2.05 bits per heavy atom. The van der Waals surface area contributed by atoms with Gasteiger partial charge in [0.2, 0.25) is 5.91 Å². The maximum Gasteiger partial charge on any atom is 0.224 e. The number of benzene rings is 1. The van der Waals surface area contributed by atoms with Crippen molar-refractivity contribution in [2.24, 2.45) is 0 Å². The smallest absolute Gasteiger partial charge is 0.224 e. The number of aryl methyl sites for hydroxylation is 2. The van der Waals surface area contributed by atoms with Crippen molar-refractivity contribution in [1.82, 2.24) is 10.3 Å². The largest absolute Gasteiger partial charge is 0.356 e. The van der Waals surface area contributed by atoms with Gasteiger partial charge in [0.25, 0.3) is 0 Å². The van der Waals surface area contributed by atoms with Gasteiger partial charge in [0, 0.05) is 18.9 Å². The summed E-state index contributed by atoms with van der Waals surface area (Å²) in [6.45, 7) is 2.74. The predicted octanol–water partition coefficient (Wildman–Crippen LogP) is 2.68. The average molecular weight is 268 g/mol. The van der Waals surface area contributed by atoms with Crippen LogP contribution in [0.2, 0.25) is 0 Å². The van der Waals surface area contributed by atoms with Gasteiger partial charge in [-0.1, -0.05) is 35.9 Å². The quantitative estimate of drug-likeness (QED) is 0.818. The number of nitrogens with zero attached hydrogens (tertiary/aromatic N) is 1. The van der Waals surface area contributed by atoms with Gasteiger partial charge in [-0.25, -0.2) is 0 Å². The molecule has 1 aromatic carbocycles. The van der Waals surface area contributed by atoms with Crippen LogP contribution in [-0.4, -0.2) is 17.4 Å². The molecule has 1 N–H and O–H groups in total. The molecule has 0 aliphatic rings. The lowest BCUT2D eigenvalue weighted by Crippen LogP contribution is -2.26. The summed E-state index contributed by atoms with van der Waals surface area (Å²) in [6.07, 6.45) is 5.97. The molecule has 104 valence electrons. The van der Waals surface area contributed by atoms with Gasteiger partial charge in [-0.3, -0.25) is 9.78 Å². The fourth-order valence-corrected chi connectivity index (χ4v) is 2.14. The molecule has 1 aromatic heterocycles. The maximum absolute atomic E-state index is 11.8. The van der Waals surface area contributed by atoms with E-state index < -0.39 is 0 Å². The molecule has 3 nitrogen and oxygen atoms in total. The number of amides is 1. The van der Waals surface area contributed by atoms with Crippen LogP contribution < -0.4 is 5.32 Å². The third-order valence-corrected chi connectivity index (χ3v) is 3.13. The lowest BCUT2D eigenvalue weighted by Gasteiger charge is -2.06. The Morgan fingerprint density at radius 3 is 2.80 bits per heavy atom. The van der Waals surface area contributed by atoms with Crippen molar-refractivity contribution in [2.75, 3.05) is 6.54 Å². The van der Waals surface area contributed by atoms with Gasteiger partial charge in [0.05, 0.1) is 6.42 Å². The van der Waals surface area contributed by atoms with Crippen molar-refractivity contribution in [2.45, 2.75) is 26.2 Å². The van der Waals surface area contributed by atoms with E-state index in [0.717, 1.165) is 18.4 Å². The summed E-state index contributed by atoms with van der Waals surface area (Å²) < 4.78 is 0. The number of hydrogen-bond donors (Lipinski definition) is 1. The van der Waals surface area contributed by atoms with Gasteiger partial charge in [-0.05, 0) is 37.0 Å². The normalized spacial score (nSPS) is 10.2. The Bertz CT molecular complexity index is 552. The minimum atomic E-state index is 0.0850. The van der Waals surface area contributed by atoms with E-state index in [9.17, 15) is 4.79 Å². The van der Waals surface area contributed by atoms with Gasteiger partial charge in [-0.2, -0.15) is 0 Å². The first-order valence-electron chi connectivity index (χ1n) is 6.95. The number of carbonyl (C=O) groups is 1. The summed E-state index contributed by atoms with van der Waals surface area (Å²) in [5.41, 5.74) is 3.46. The standard InChI is InChI=1S/C17H20N2O/c1-14-5-2-6-16(11-14)12-17(20)19-10-4-8-15-7-3-9-18-13-15/h2-3,5-7,9,11,13H,4,8,10,12H2,1H3,(H,19,20). The number of pyridine rings is 1. The minimum absolute atomic E-state index is 0.0850. The highest BCUT2D eigenvalue weighted by molar-refractivity contribution is 5.78. The second-order valence-corrected chi connectivity index (χ2v) is 4.98. The van der Waals surface area contributed by atoms with Crippen molar-refractivity contribution < 1.29 is 4.79 Å². The molecule has 2 aromatic rings. The number of hydrogen-bond acceptors (Lipinski definition) is 2. The van der Waals surface area contributed by atoms with Crippen LogP contribution in [-0.2, 0) is 17.6 Å². The average Bonchev–Trinajstić information content (AvgIpc) is 2.45. The second kappa shape index (κ2) is 7.43. The van der Waals surface area contributed by atoms with Crippen LogP contribution in [0.15, 0.2) is 48.8 Å². The molecule has 0 radical (unpaired) electrons. The molecule has 0 saturated heterocycles. The first kappa shape index (κ1) is 14.3. The molecule has 20 heavy (non-hydrogen) atoms. The van der Waals surface area contributed by atoms with E-state index in [1.54, 1.807) is 6.20 Å². The Hall–Kier alpha value is -2.16. The second-order valence-electron chi connectivity index (χ2n) is 4.98. The van der Waals surface area contributed by atoms with E-state index in [0.29, 0.717) is 13.0 Å². The fraction of sp³-hybridized carbons (Fsp3) is 0.294. The van der Waals surface area contributed by atoms with Gasteiger partial charge in [-0.15, -0.1) is 0 Å². The SMILES string of the molecule is Cc1cccc(CC(=O)NCCCc2cccnc2)c1. The highest BCUT2D eigenvalue weighted by atomic mass is 16.1. The van der Waals surface area contributed by atoms with Crippen LogP contribution in [0, 0.1) is 6.92 Å². The predicted molar refractivity (Wildman–Crippen MR) is 80.5 cm³/mol. The summed E-state index contributed by atoms with van der Waals surface area (Å²) >= 11 is 0. The first-order chi connectivity index (χ1) is 9.74. The van der Waals surface area contributed by atoms with Crippen LogP contribution in [0.3, 0.4) is 0 Å². The lowest BCUT2D eigenvalue weighted by molar-refractivity contribution is -0.120. The molecule has 0 fully saturated rings. The van der Waals surface area contributed by atoms with E-state index in [-0.39, 0.29) is 5.91 Å². The van der Waals surface area contributed by atoms with Crippen LogP contribution in [0.4, 0.5) is 0 Å². The van der Waals surface area contributed by atoms with Crippen LogP contribution in [0.1, 0.15) is 23.1 Å². The Balaban J connectivity index is 1.68. The molecule has 0 spiro atoms.